The summed E-state index contributed by atoms with van der Waals surface area (Å²) < 4.78 is 16.5. The number of benzene rings is 1. The van der Waals surface area contributed by atoms with Crippen LogP contribution >= 0.6 is 0 Å². The molecule has 1 aromatic carbocycles. The lowest BCUT2D eigenvalue weighted by Gasteiger charge is -2.18. The van der Waals surface area contributed by atoms with Crippen molar-refractivity contribution in [2.24, 2.45) is 0 Å². The van der Waals surface area contributed by atoms with Crippen LogP contribution in [-0.4, -0.2) is 32.4 Å². The van der Waals surface area contributed by atoms with E-state index in [1.165, 1.54) is 0 Å². The van der Waals surface area contributed by atoms with Crippen molar-refractivity contribution in [1.29, 1.82) is 0 Å². The third-order valence-electron chi connectivity index (χ3n) is 3.42. The summed E-state index contributed by atoms with van der Waals surface area (Å²) in [5, 5.41) is 0. The van der Waals surface area contributed by atoms with Crippen molar-refractivity contribution in [3.8, 4) is 5.75 Å². The number of hydrogen-bond acceptors (Lipinski definition) is 4. The fourth-order valence-electron chi connectivity index (χ4n) is 2.01. The van der Waals surface area contributed by atoms with E-state index in [1.807, 2.05) is 32.0 Å². The topological polar surface area (TPSA) is 44.8 Å². The number of ether oxygens (including phenoxy) is 3. The highest BCUT2D eigenvalue weighted by Gasteiger charge is 2.12. The van der Waals surface area contributed by atoms with Crippen LogP contribution in [0.5, 0.6) is 5.75 Å². The maximum Gasteiger partial charge on any atom is 0.191 e. The molecule has 0 bridgehead atoms. The van der Waals surface area contributed by atoms with E-state index < -0.39 is 6.29 Å². The third kappa shape index (κ3) is 5.48. The summed E-state index contributed by atoms with van der Waals surface area (Å²) in [6.07, 6.45) is 1.46. The van der Waals surface area contributed by atoms with Gasteiger partial charge in [-0.15, -0.1) is 0 Å². The van der Waals surface area contributed by atoms with E-state index in [9.17, 15) is 4.79 Å². The predicted octanol–water partition coefficient (Wildman–Crippen LogP) is 3.79. The Kier molecular flexibility index (Phi) is 8.01. The highest BCUT2D eigenvalue weighted by atomic mass is 16.7. The Labute approximate surface area is 127 Å². The van der Waals surface area contributed by atoms with Crippen molar-refractivity contribution in [1.82, 2.24) is 0 Å². The minimum Gasteiger partial charge on any atom is -0.488 e. The van der Waals surface area contributed by atoms with Crippen molar-refractivity contribution in [3.63, 3.8) is 0 Å². The lowest BCUT2D eigenvalue weighted by molar-refractivity contribution is -0.152. The fraction of sp³-hybridized carbons (Fsp3) is 0.588. The van der Waals surface area contributed by atoms with Crippen molar-refractivity contribution >= 4 is 6.29 Å². The standard InChI is InChI=1S/C17H26O4/c1-5-13(4)14-8-9-16(15(10-14)11-18)21-12-17(19-6-2)20-7-3/h8-11,13,17H,5-7,12H2,1-4H3. The molecular weight excluding hydrogens is 268 g/mol. The third-order valence-corrected chi connectivity index (χ3v) is 3.42. The first-order valence-electron chi connectivity index (χ1n) is 7.61. The van der Waals surface area contributed by atoms with Crippen LogP contribution in [0.25, 0.3) is 0 Å². The second-order valence-electron chi connectivity index (χ2n) is 4.88. The largest absolute Gasteiger partial charge is 0.488 e. The van der Waals surface area contributed by atoms with Crippen LogP contribution in [0.2, 0.25) is 0 Å². The van der Waals surface area contributed by atoms with E-state index >= 15 is 0 Å². The van der Waals surface area contributed by atoms with Crippen LogP contribution in [0.15, 0.2) is 18.2 Å². The molecule has 118 valence electrons. The van der Waals surface area contributed by atoms with Crippen molar-refractivity contribution < 1.29 is 19.0 Å². The molecule has 4 heteroatoms. The average molecular weight is 294 g/mol. The lowest BCUT2D eigenvalue weighted by atomic mass is 9.97. The molecule has 0 aliphatic heterocycles. The van der Waals surface area contributed by atoms with Gasteiger partial charge >= 0.3 is 0 Å². The zero-order chi connectivity index (χ0) is 15.7. The zero-order valence-corrected chi connectivity index (χ0v) is 13.4. The average Bonchev–Trinajstić information content (AvgIpc) is 2.52. The summed E-state index contributed by atoms with van der Waals surface area (Å²) in [6.45, 7) is 9.47. The molecule has 0 radical (unpaired) electrons. The van der Waals surface area contributed by atoms with E-state index in [4.69, 9.17) is 14.2 Å². The molecule has 0 heterocycles. The van der Waals surface area contributed by atoms with Gasteiger partial charge in [0.05, 0.1) is 5.56 Å². The smallest absolute Gasteiger partial charge is 0.191 e. The number of hydrogen-bond donors (Lipinski definition) is 0. The van der Waals surface area contributed by atoms with Crippen molar-refractivity contribution in [3.05, 3.63) is 29.3 Å². The number of aldehydes is 1. The quantitative estimate of drug-likeness (QED) is 0.486. The summed E-state index contributed by atoms with van der Waals surface area (Å²) in [7, 11) is 0. The highest BCUT2D eigenvalue weighted by Crippen LogP contribution is 2.25. The molecule has 0 aliphatic rings. The normalized spacial score (nSPS) is 12.4. The van der Waals surface area contributed by atoms with Crippen molar-refractivity contribution in [2.45, 2.75) is 46.3 Å². The highest BCUT2D eigenvalue weighted by molar-refractivity contribution is 5.79. The van der Waals surface area contributed by atoms with E-state index in [0.717, 1.165) is 18.3 Å². The maximum atomic E-state index is 11.2. The minimum absolute atomic E-state index is 0.269. The molecule has 0 aromatic heterocycles. The van der Waals surface area contributed by atoms with Gasteiger partial charge in [-0.2, -0.15) is 0 Å². The lowest BCUT2D eigenvalue weighted by Crippen LogP contribution is -2.25. The number of rotatable bonds is 10. The number of carbonyl (C=O) groups excluding carboxylic acids is 1. The van der Waals surface area contributed by atoms with Gasteiger partial charge in [0, 0.05) is 13.2 Å². The second-order valence-corrected chi connectivity index (χ2v) is 4.88. The molecule has 1 rings (SSSR count). The minimum atomic E-state index is -0.409. The first-order valence-corrected chi connectivity index (χ1v) is 7.61. The van der Waals surface area contributed by atoms with E-state index in [0.29, 0.717) is 30.4 Å². The van der Waals surface area contributed by atoms with Crippen LogP contribution < -0.4 is 4.74 Å². The van der Waals surface area contributed by atoms with Gasteiger partial charge in [0.1, 0.15) is 12.4 Å². The molecule has 0 saturated heterocycles. The maximum absolute atomic E-state index is 11.2. The van der Waals surface area contributed by atoms with Gasteiger partial charge in [-0.05, 0) is 43.9 Å². The molecule has 0 fully saturated rings. The SMILES string of the molecule is CCOC(COc1ccc(C(C)CC)cc1C=O)OCC. The van der Waals surface area contributed by atoms with Crippen LogP contribution in [0.4, 0.5) is 0 Å². The Balaban J connectivity index is 2.76. The van der Waals surface area contributed by atoms with Crippen LogP contribution in [-0.2, 0) is 9.47 Å². The van der Waals surface area contributed by atoms with Crippen LogP contribution in [0, 0.1) is 0 Å². The molecule has 0 aliphatic carbocycles. The summed E-state index contributed by atoms with van der Waals surface area (Å²) in [4.78, 5) is 11.2. The number of carbonyl (C=O) groups is 1. The second kappa shape index (κ2) is 9.53. The predicted molar refractivity (Wildman–Crippen MR) is 83.1 cm³/mol. The van der Waals surface area contributed by atoms with Gasteiger partial charge < -0.3 is 14.2 Å². The molecule has 0 spiro atoms. The van der Waals surface area contributed by atoms with Crippen LogP contribution in [0.3, 0.4) is 0 Å². The first-order chi connectivity index (χ1) is 10.2. The first kappa shape index (κ1) is 17.7. The van der Waals surface area contributed by atoms with E-state index in [-0.39, 0.29) is 6.61 Å². The van der Waals surface area contributed by atoms with Gasteiger partial charge in [-0.25, -0.2) is 0 Å². The van der Waals surface area contributed by atoms with E-state index in [2.05, 4.69) is 13.8 Å². The Bertz CT molecular complexity index is 425. The van der Waals surface area contributed by atoms with Gasteiger partial charge in [-0.3, -0.25) is 4.79 Å². The molecule has 0 saturated carbocycles. The molecule has 0 amide bonds. The van der Waals surface area contributed by atoms with Gasteiger partial charge in [-0.1, -0.05) is 19.9 Å². The molecule has 4 nitrogen and oxygen atoms in total. The van der Waals surface area contributed by atoms with E-state index in [1.54, 1.807) is 0 Å². The summed E-state index contributed by atoms with van der Waals surface area (Å²) in [6, 6.07) is 5.75. The molecule has 1 aromatic rings. The fourth-order valence-corrected chi connectivity index (χ4v) is 2.01. The molecule has 0 N–H and O–H groups in total. The Morgan fingerprint density at radius 1 is 1.14 bits per heavy atom. The summed E-state index contributed by atoms with van der Waals surface area (Å²) in [5.41, 5.74) is 1.72. The van der Waals surface area contributed by atoms with Gasteiger partial charge in [0.25, 0.3) is 0 Å². The molecule has 1 atom stereocenters. The van der Waals surface area contributed by atoms with Crippen LogP contribution in [0.1, 0.15) is 56.0 Å². The molecule has 1 unspecified atom stereocenters. The molecular formula is C17H26O4. The van der Waals surface area contributed by atoms with Crippen molar-refractivity contribution in [2.75, 3.05) is 19.8 Å². The summed E-state index contributed by atoms with van der Waals surface area (Å²) in [5.74, 6) is 0.999. The zero-order valence-electron chi connectivity index (χ0n) is 13.4. The Hall–Kier alpha value is -1.39. The molecule has 21 heavy (non-hydrogen) atoms. The van der Waals surface area contributed by atoms with Gasteiger partial charge in [0.2, 0.25) is 0 Å². The summed E-state index contributed by atoms with van der Waals surface area (Å²) >= 11 is 0. The Morgan fingerprint density at radius 3 is 2.33 bits per heavy atom. The monoisotopic (exact) mass is 294 g/mol. The Morgan fingerprint density at radius 2 is 1.81 bits per heavy atom. The van der Waals surface area contributed by atoms with Gasteiger partial charge in [0.15, 0.2) is 12.6 Å².